The number of hydrogen-bond acceptors (Lipinski definition) is 2. The lowest BCUT2D eigenvalue weighted by Crippen LogP contribution is -2.07. The van der Waals surface area contributed by atoms with Gasteiger partial charge in [-0.15, -0.1) is 0 Å². The van der Waals surface area contributed by atoms with Gasteiger partial charge in [0.1, 0.15) is 0 Å². The van der Waals surface area contributed by atoms with Gasteiger partial charge in [-0.25, -0.2) is 4.79 Å². The van der Waals surface area contributed by atoms with Crippen molar-refractivity contribution >= 4 is 11.7 Å². The molecular weight excluding hydrogens is 202 g/mol. The fourth-order valence-corrected chi connectivity index (χ4v) is 1.64. The first-order chi connectivity index (χ1) is 7.57. The molecule has 0 aromatic heterocycles. The van der Waals surface area contributed by atoms with E-state index in [4.69, 9.17) is 5.11 Å². The van der Waals surface area contributed by atoms with Gasteiger partial charge in [-0.3, -0.25) is 0 Å². The molecule has 0 unspecified atom stereocenters. The van der Waals surface area contributed by atoms with Crippen molar-refractivity contribution < 1.29 is 9.90 Å². The molecule has 0 aliphatic carbocycles. The Morgan fingerprint density at radius 2 is 2.00 bits per heavy atom. The van der Waals surface area contributed by atoms with Gasteiger partial charge in [0.15, 0.2) is 0 Å². The van der Waals surface area contributed by atoms with Crippen LogP contribution in [0.1, 0.15) is 41.3 Å². The third-order valence-electron chi connectivity index (χ3n) is 2.86. The summed E-state index contributed by atoms with van der Waals surface area (Å²) in [6.07, 6.45) is 2.28. The van der Waals surface area contributed by atoms with E-state index >= 15 is 0 Å². The number of carboxylic acid groups (broad SMARTS) is 1. The normalized spacial score (nSPS) is 10.2. The Morgan fingerprint density at radius 3 is 2.56 bits per heavy atom. The van der Waals surface area contributed by atoms with Crippen molar-refractivity contribution in [3.8, 4) is 0 Å². The van der Waals surface area contributed by atoms with E-state index in [0.717, 1.165) is 36.2 Å². The molecule has 1 rings (SSSR count). The molecule has 0 saturated heterocycles. The van der Waals surface area contributed by atoms with Crippen molar-refractivity contribution in [2.45, 2.75) is 33.6 Å². The van der Waals surface area contributed by atoms with Crippen LogP contribution in [-0.4, -0.2) is 17.6 Å². The monoisotopic (exact) mass is 221 g/mol. The van der Waals surface area contributed by atoms with Gasteiger partial charge in [-0.05, 0) is 43.5 Å². The molecular formula is C13H19NO2. The van der Waals surface area contributed by atoms with Gasteiger partial charge in [-0.1, -0.05) is 13.3 Å². The van der Waals surface area contributed by atoms with Crippen molar-refractivity contribution in [3.63, 3.8) is 0 Å². The van der Waals surface area contributed by atoms with Gasteiger partial charge in [0, 0.05) is 12.2 Å². The smallest absolute Gasteiger partial charge is 0.335 e. The van der Waals surface area contributed by atoms with E-state index in [9.17, 15) is 4.79 Å². The minimum absolute atomic E-state index is 0.388. The molecule has 0 heterocycles. The Bertz CT molecular complexity index is 386. The highest BCUT2D eigenvalue weighted by molar-refractivity contribution is 5.90. The molecule has 2 N–H and O–H groups in total. The molecule has 0 amide bonds. The summed E-state index contributed by atoms with van der Waals surface area (Å²) < 4.78 is 0. The zero-order valence-corrected chi connectivity index (χ0v) is 10.1. The number of aromatic carboxylic acids is 1. The van der Waals surface area contributed by atoms with Crippen molar-refractivity contribution in [1.29, 1.82) is 0 Å². The second-order valence-electron chi connectivity index (χ2n) is 4.00. The van der Waals surface area contributed by atoms with E-state index in [1.165, 1.54) is 0 Å². The molecule has 3 heteroatoms. The van der Waals surface area contributed by atoms with Gasteiger partial charge in [0.25, 0.3) is 0 Å². The largest absolute Gasteiger partial charge is 0.478 e. The summed E-state index contributed by atoms with van der Waals surface area (Å²) >= 11 is 0. The van der Waals surface area contributed by atoms with Crippen LogP contribution in [0.4, 0.5) is 5.69 Å². The number of benzene rings is 1. The maximum Gasteiger partial charge on any atom is 0.335 e. The number of carbonyl (C=O) groups is 1. The predicted octanol–water partition coefficient (Wildman–Crippen LogP) is 3.21. The maximum atomic E-state index is 10.9. The zero-order chi connectivity index (χ0) is 12.1. The first-order valence-electron chi connectivity index (χ1n) is 5.65. The number of hydrogen-bond donors (Lipinski definition) is 2. The van der Waals surface area contributed by atoms with Crippen LogP contribution >= 0.6 is 0 Å². The van der Waals surface area contributed by atoms with Crippen LogP contribution in [0.25, 0.3) is 0 Å². The molecule has 0 fully saturated rings. The molecule has 3 nitrogen and oxygen atoms in total. The standard InChI is InChI=1S/C13H19NO2/c1-4-5-8-14-12-7-6-11(13(15)16)9(2)10(12)3/h6-7,14H,4-5,8H2,1-3H3,(H,15,16). The summed E-state index contributed by atoms with van der Waals surface area (Å²) in [5.74, 6) is -0.860. The SMILES string of the molecule is CCCCNc1ccc(C(=O)O)c(C)c1C. The van der Waals surface area contributed by atoms with Crippen molar-refractivity contribution in [2.24, 2.45) is 0 Å². The molecule has 1 aromatic carbocycles. The van der Waals surface area contributed by atoms with Crippen molar-refractivity contribution in [2.75, 3.05) is 11.9 Å². The summed E-state index contributed by atoms with van der Waals surface area (Å²) in [4.78, 5) is 10.9. The Labute approximate surface area is 96.5 Å². The average molecular weight is 221 g/mol. The van der Waals surface area contributed by atoms with Crippen LogP contribution in [0, 0.1) is 13.8 Å². The number of nitrogens with one attached hydrogen (secondary N) is 1. The lowest BCUT2D eigenvalue weighted by Gasteiger charge is -2.13. The van der Waals surface area contributed by atoms with E-state index in [1.54, 1.807) is 6.07 Å². The quantitative estimate of drug-likeness (QED) is 0.750. The van der Waals surface area contributed by atoms with Gasteiger partial charge in [0.2, 0.25) is 0 Å². The topological polar surface area (TPSA) is 49.3 Å². The molecule has 88 valence electrons. The highest BCUT2D eigenvalue weighted by atomic mass is 16.4. The van der Waals surface area contributed by atoms with Crippen molar-refractivity contribution in [1.82, 2.24) is 0 Å². The first-order valence-corrected chi connectivity index (χ1v) is 5.65. The lowest BCUT2D eigenvalue weighted by atomic mass is 10.0. The Morgan fingerprint density at radius 1 is 1.31 bits per heavy atom. The van der Waals surface area contributed by atoms with Crippen LogP contribution in [0.5, 0.6) is 0 Å². The van der Waals surface area contributed by atoms with Crippen LogP contribution in [0.3, 0.4) is 0 Å². The minimum Gasteiger partial charge on any atom is -0.478 e. The van der Waals surface area contributed by atoms with Gasteiger partial charge in [0.05, 0.1) is 5.56 Å². The molecule has 0 spiro atoms. The minimum atomic E-state index is -0.860. The summed E-state index contributed by atoms with van der Waals surface area (Å²) in [5, 5.41) is 12.3. The summed E-state index contributed by atoms with van der Waals surface area (Å²) in [6, 6.07) is 3.51. The van der Waals surface area contributed by atoms with E-state index in [2.05, 4.69) is 12.2 Å². The number of rotatable bonds is 5. The average Bonchev–Trinajstić information content (AvgIpc) is 2.24. The Hall–Kier alpha value is -1.51. The number of carboxylic acids is 1. The van der Waals surface area contributed by atoms with E-state index in [-0.39, 0.29) is 0 Å². The van der Waals surface area contributed by atoms with E-state index in [1.807, 2.05) is 19.9 Å². The second-order valence-corrected chi connectivity index (χ2v) is 4.00. The fraction of sp³-hybridized carbons (Fsp3) is 0.462. The maximum absolute atomic E-state index is 10.9. The zero-order valence-electron chi connectivity index (χ0n) is 10.1. The molecule has 0 aliphatic rings. The summed E-state index contributed by atoms with van der Waals surface area (Å²) in [6.45, 7) is 6.89. The predicted molar refractivity (Wildman–Crippen MR) is 66.3 cm³/mol. The van der Waals surface area contributed by atoms with Crippen molar-refractivity contribution in [3.05, 3.63) is 28.8 Å². The highest BCUT2D eigenvalue weighted by Crippen LogP contribution is 2.22. The van der Waals surface area contributed by atoms with Crippen LogP contribution in [-0.2, 0) is 0 Å². The fourth-order valence-electron chi connectivity index (χ4n) is 1.64. The number of anilines is 1. The molecule has 16 heavy (non-hydrogen) atoms. The van der Waals surface area contributed by atoms with E-state index in [0.29, 0.717) is 5.56 Å². The van der Waals surface area contributed by atoms with Crippen LogP contribution < -0.4 is 5.32 Å². The molecule has 0 radical (unpaired) electrons. The summed E-state index contributed by atoms with van der Waals surface area (Å²) in [5.41, 5.74) is 3.29. The van der Waals surface area contributed by atoms with E-state index < -0.39 is 5.97 Å². The highest BCUT2D eigenvalue weighted by Gasteiger charge is 2.10. The lowest BCUT2D eigenvalue weighted by molar-refractivity contribution is 0.0696. The molecule has 0 bridgehead atoms. The third-order valence-corrected chi connectivity index (χ3v) is 2.86. The molecule has 0 aliphatic heterocycles. The molecule has 0 atom stereocenters. The van der Waals surface area contributed by atoms with Crippen LogP contribution in [0.2, 0.25) is 0 Å². The summed E-state index contributed by atoms with van der Waals surface area (Å²) in [7, 11) is 0. The van der Waals surface area contributed by atoms with Gasteiger partial charge in [-0.2, -0.15) is 0 Å². The number of unbranched alkanes of at least 4 members (excludes halogenated alkanes) is 1. The molecule has 1 aromatic rings. The first kappa shape index (κ1) is 12.6. The second kappa shape index (κ2) is 5.54. The Kier molecular flexibility index (Phi) is 4.35. The molecule has 0 saturated carbocycles. The Balaban J connectivity index is 2.89. The van der Waals surface area contributed by atoms with Crippen LogP contribution in [0.15, 0.2) is 12.1 Å². The van der Waals surface area contributed by atoms with Gasteiger partial charge >= 0.3 is 5.97 Å². The van der Waals surface area contributed by atoms with Gasteiger partial charge < -0.3 is 10.4 Å². The third kappa shape index (κ3) is 2.75.